The molecule has 1 heterocycles. The zero-order valence-corrected chi connectivity index (χ0v) is 15.5. The van der Waals surface area contributed by atoms with Gasteiger partial charge in [0, 0.05) is 12.1 Å². The third-order valence-electron chi connectivity index (χ3n) is 4.18. The second-order valence-corrected chi connectivity index (χ2v) is 6.11. The zero-order chi connectivity index (χ0) is 20.8. The van der Waals surface area contributed by atoms with Crippen LogP contribution in [-0.4, -0.2) is 10.8 Å². The van der Waals surface area contributed by atoms with Crippen molar-refractivity contribution in [1.82, 2.24) is 0 Å². The average molecular weight is 391 g/mol. The summed E-state index contributed by atoms with van der Waals surface area (Å²) in [5.41, 5.74) is 1.12. The second-order valence-electron chi connectivity index (χ2n) is 6.11. The summed E-state index contributed by atoms with van der Waals surface area (Å²) in [5, 5.41) is 22.5. The van der Waals surface area contributed by atoms with Gasteiger partial charge in [-0.1, -0.05) is 19.1 Å². The van der Waals surface area contributed by atoms with Crippen molar-refractivity contribution in [2.75, 3.05) is 5.32 Å². The summed E-state index contributed by atoms with van der Waals surface area (Å²) in [5.74, 6) is 0.606. The van der Waals surface area contributed by atoms with Crippen molar-refractivity contribution in [2.45, 2.75) is 20.0 Å². The van der Waals surface area contributed by atoms with E-state index in [-0.39, 0.29) is 29.3 Å². The van der Waals surface area contributed by atoms with Crippen molar-refractivity contribution in [3.05, 3.63) is 87.4 Å². The number of carbonyl (C=O) groups is 1. The SMILES string of the molecule is CCc1ccc(OCc2ccc(C(=O)Nc3ccc([N+](=O)[O-])cc3C#N)o2)cc1. The van der Waals surface area contributed by atoms with Gasteiger partial charge in [0.15, 0.2) is 5.76 Å². The second kappa shape index (κ2) is 8.71. The molecule has 0 aliphatic heterocycles. The Balaban J connectivity index is 1.64. The lowest BCUT2D eigenvalue weighted by molar-refractivity contribution is -0.384. The van der Waals surface area contributed by atoms with E-state index in [0.717, 1.165) is 12.5 Å². The van der Waals surface area contributed by atoms with E-state index >= 15 is 0 Å². The van der Waals surface area contributed by atoms with Crippen molar-refractivity contribution in [1.29, 1.82) is 5.26 Å². The molecule has 3 aromatic rings. The van der Waals surface area contributed by atoms with E-state index in [2.05, 4.69) is 12.2 Å². The van der Waals surface area contributed by atoms with Gasteiger partial charge in [-0.2, -0.15) is 5.26 Å². The average Bonchev–Trinajstić information content (AvgIpc) is 3.22. The van der Waals surface area contributed by atoms with Crippen LogP contribution in [-0.2, 0) is 13.0 Å². The molecule has 0 aliphatic rings. The highest BCUT2D eigenvalue weighted by Gasteiger charge is 2.16. The molecule has 0 radical (unpaired) electrons. The molecule has 29 heavy (non-hydrogen) atoms. The first-order chi connectivity index (χ1) is 14.0. The van der Waals surface area contributed by atoms with Gasteiger partial charge in [-0.15, -0.1) is 0 Å². The first-order valence-corrected chi connectivity index (χ1v) is 8.80. The molecule has 2 aromatic carbocycles. The number of nitro groups is 1. The highest BCUT2D eigenvalue weighted by atomic mass is 16.6. The lowest BCUT2D eigenvalue weighted by Gasteiger charge is -2.06. The fraction of sp³-hybridized carbons (Fsp3) is 0.143. The number of non-ortho nitro benzene ring substituents is 1. The van der Waals surface area contributed by atoms with Crippen LogP contribution in [0.15, 0.2) is 59.0 Å². The lowest BCUT2D eigenvalue weighted by atomic mass is 10.1. The fourth-order valence-corrected chi connectivity index (χ4v) is 2.58. The van der Waals surface area contributed by atoms with Gasteiger partial charge in [0.2, 0.25) is 0 Å². The summed E-state index contributed by atoms with van der Waals surface area (Å²) in [6.45, 7) is 2.22. The van der Waals surface area contributed by atoms with Crippen LogP contribution in [0, 0.1) is 21.4 Å². The summed E-state index contributed by atoms with van der Waals surface area (Å²) < 4.78 is 11.1. The summed E-state index contributed by atoms with van der Waals surface area (Å²) in [6, 6.07) is 16.3. The standard InChI is InChI=1S/C21H17N3O5/c1-2-14-3-6-17(7-4-14)28-13-18-8-10-20(29-18)21(25)23-19-9-5-16(24(26)27)11-15(19)12-22/h3-11H,2,13H2,1H3,(H,23,25). The van der Waals surface area contributed by atoms with Gasteiger partial charge in [0.05, 0.1) is 16.2 Å². The predicted octanol–water partition coefficient (Wildman–Crippen LogP) is 4.45. The van der Waals surface area contributed by atoms with Gasteiger partial charge in [0.1, 0.15) is 24.2 Å². The predicted molar refractivity (Wildman–Crippen MR) is 105 cm³/mol. The quantitative estimate of drug-likeness (QED) is 0.469. The normalized spacial score (nSPS) is 10.2. The number of aryl methyl sites for hydroxylation is 1. The third kappa shape index (κ3) is 4.78. The maximum absolute atomic E-state index is 12.4. The highest BCUT2D eigenvalue weighted by molar-refractivity contribution is 6.03. The number of amides is 1. The van der Waals surface area contributed by atoms with Crippen molar-refractivity contribution in [2.24, 2.45) is 0 Å². The van der Waals surface area contributed by atoms with Crippen molar-refractivity contribution in [3.8, 4) is 11.8 Å². The molecule has 0 spiro atoms. The summed E-state index contributed by atoms with van der Waals surface area (Å²) in [4.78, 5) is 22.6. The highest BCUT2D eigenvalue weighted by Crippen LogP contribution is 2.22. The maximum atomic E-state index is 12.4. The number of nitro benzene ring substituents is 1. The topological polar surface area (TPSA) is 118 Å². The molecule has 0 saturated heterocycles. The first kappa shape index (κ1) is 19.6. The van der Waals surface area contributed by atoms with Crippen molar-refractivity contribution >= 4 is 17.3 Å². The van der Waals surface area contributed by atoms with Gasteiger partial charge in [-0.25, -0.2) is 0 Å². The molecule has 3 rings (SSSR count). The van der Waals surface area contributed by atoms with Crippen LogP contribution in [0.2, 0.25) is 0 Å². The number of nitriles is 1. The largest absolute Gasteiger partial charge is 0.486 e. The minimum absolute atomic E-state index is 0.0156. The molecule has 0 unspecified atom stereocenters. The number of anilines is 1. The Morgan fingerprint density at radius 3 is 2.62 bits per heavy atom. The minimum atomic E-state index is -0.610. The van der Waals surface area contributed by atoms with Crippen molar-refractivity contribution < 1.29 is 18.9 Å². The monoisotopic (exact) mass is 391 g/mol. The molecule has 1 amide bonds. The Bertz CT molecular complexity index is 1080. The molecule has 146 valence electrons. The van der Waals surface area contributed by atoms with Gasteiger partial charge < -0.3 is 14.5 Å². The van der Waals surface area contributed by atoms with Crippen LogP contribution in [0.1, 0.15) is 34.4 Å². The molecular weight excluding hydrogens is 374 g/mol. The minimum Gasteiger partial charge on any atom is -0.486 e. The summed E-state index contributed by atoms with van der Waals surface area (Å²) in [6.07, 6.45) is 0.944. The number of hydrogen-bond donors (Lipinski definition) is 1. The van der Waals surface area contributed by atoms with Crippen LogP contribution in [0.5, 0.6) is 5.75 Å². The number of hydrogen-bond acceptors (Lipinski definition) is 6. The Labute approximate surface area is 166 Å². The molecule has 1 N–H and O–H groups in total. The van der Waals surface area contributed by atoms with E-state index in [4.69, 9.17) is 14.4 Å². The fourth-order valence-electron chi connectivity index (χ4n) is 2.58. The summed E-state index contributed by atoms with van der Waals surface area (Å²) >= 11 is 0. The molecular formula is C21H17N3O5. The molecule has 0 fully saturated rings. The van der Waals surface area contributed by atoms with Gasteiger partial charge >= 0.3 is 0 Å². The Hall–Kier alpha value is -4.12. The van der Waals surface area contributed by atoms with Gasteiger partial charge in [-0.05, 0) is 42.3 Å². The van der Waals surface area contributed by atoms with Crippen LogP contribution < -0.4 is 10.1 Å². The van der Waals surface area contributed by atoms with E-state index in [0.29, 0.717) is 11.5 Å². The van der Waals surface area contributed by atoms with Crippen molar-refractivity contribution in [3.63, 3.8) is 0 Å². The number of carbonyl (C=O) groups excluding carboxylic acids is 1. The zero-order valence-electron chi connectivity index (χ0n) is 15.5. The van der Waals surface area contributed by atoms with Crippen LogP contribution in [0.3, 0.4) is 0 Å². The van der Waals surface area contributed by atoms with Gasteiger partial charge in [0.25, 0.3) is 11.6 Å². The molecule has 0 saturated carbocycles. The molecule has 8 nitrogen and oxygen atoms in total. The number of rotatable bonds is 7. The smallest absolute Gasteiger partial charge is 0.291 e. The number of ether oxygens (including phenoxy) is 1. The van der Waals surface area contributed by atoms with Crippen LogP contribution in [0.25, 0.3) is 0 Å². The van der Waals surface area contributed by atoms with Crippen LogP contribution >= 0.6 is 0 Å². The molecule has 1 aromatic heterocycles. The Kier molecular flexibility index (Phi) is 5.90. The van der Waals surface area contributed by atoms with E-state index in [9.17, 15) is 14.9 Å². The van der Waals surface area contributed by atoms with E-state index in [1.807, 2.05) is 30.3 Å². The third-order valence-corrected chi connectivity index (χ3v) is 4.18. The maximum Gasteiger partial charge on any atom is 0.291 e. The molecule has 8 heteroatoms. The molecule has 0 atom stereocenters. The van der Waals surface area contributed by atoms with E-state index < -0.39 is 10.8 Å². The lowest BCUT2D eigenvalue weighted by Crippen LogP contribution is -2.12. The van der Waals surface area contributed by atoms with E-state index in [1.165, 1.54) is 23.8 Å². The molecule has 0 bridgehead atoms. The first-order valence-electron chi connectivity index (χ1n) is 8.80. The molecule has 0 aliphatic carbocycles. The summed E-state index contributed by atoms with van der Waals surface area (Å²) in [7, 11) is 0. The van der Waals surface area contributed by atoms with Crippen LogP contribution in [0.4, 0.5) is 11.4 Å². The van der Waals surface area contributed by atoms with Gasteiger partial charge in [-0.3, -0.25) is 14.9 Å². The number of benzene rings is 2. The van der Waals surface area contributed by atoms with E-state index in [1.54, 1.807) is 6.07 Å². The number of furan rings is 1. The number of nitrogens with one attached hydrogen (secondary N) is 1. The number of nitrogens with zero attached hydrogens (tertiary/aromatic N) is 2. The Morgan fingerprint density at radius 1 is 1.21 bits per heavy atom. The Morgan fingerprint density at radius 2 is 1.97 bits per heavy atom.